The highest BCUT2D eigenvalue weighted by Gasteiger charge is 2.26. The van der Waals surface area contributed by atoms with E-state index in [2.05, 4.69) is 36.0 Å². The molecule has 2 heterocycles. The standard InChI is InChI=1S/C19H25N3O/c1-13-6-7-17-16(12-13)14-4-3-5-15(18(14)21(17)2)19(23)22-10-8-20-9-11-22/h3-5,13,20H,6-12H2,1-2H3. The molecule has 1 aliphatic carbocycles. The summed E-state index contributed by atoms with van der Waals surface area (Å²) in [7, 11) is 2.13. The Morgan fingerprint density at radius 1 is 1.26 bits per heavy atom. The second kappa shape index (κ2) is 5.68. The normalized spacial score (nSPS) is 21.5. The summed E-state index contributed by atoms with van der Waals surface area (Å²) in [4.78, 5) is 15.0. The zero-order valence-corrected chi connectivity index (χ0v) is 14.1. The molecular weight excluding hydrogens is 286 g/mol. The minimum atomic E-state index is 0.183. The van der Waals surface area contributed by atoms with E-state index in [1.165, 1.54) is 23.1 Å². The Hall–Kier alpha value is -1.81. The topological polar surface area (TPSA) is 37.3 Å². The van der Waals surface area contributed by atoms with E-state index in [0.717, 1.165) is 56.0 Å². The van der Waals surface area contributed by atoms with Crippen LogP contribution in [0.2, 0.25) is 0 Å². The molecule has 0 radical (unpaired) electrons. The van der Waals surface area contributed by atoms with E-state index in [1.807, 2.05) is 11.0 Å². The number of rotatable bonds is 1. The molecule has 4 nitrogen and oxygen atoms in total. The summed E-state index contributed by atoms with van der Waals surface area (Å²) in [5, 5.41) is 4.60. The third-order valence-corrected chi connectivity index (χ3v) is 5.51. The van der Waals surface area contributed by atoms with Crippen LogP contribution in [-0.4, -0.2) is 41.6 Å². The molecule has 2 aliphatic rings. The van der Waals surface area contributed by atoms with Crippen molar-refractivity contribution in [3.05, 3.63) is 35.0 Å². The van der Waals surface area contributed by atoms with Gasteiger partial charge in [-0.25, -0.2) is 0 Å². The van der Waals surface area contributed by atoms with Gasteiger partial charge in [-0.3, -0.25) is 4.79 Å². The Morgan fingerprint density at radius 2 is 2.04 bits per heavy atom. The molecule has 1 N–H and O–H groups in total. The van der Waals surface area contributed by atoms with Crippen LogP contribution in [0, 0.1) is 5.92 Å². The monoisotopic (exact) mass is 311 g/mol. The maximum Gasteiger partial charge on any atom is 0.256 e. The van der Waals surface area contributed by atoms with Gasteiger partial charge < -0.3 is 14.8 Å². The number of piperazine rings is 1. The summed E-state index contributed by atoms with van der Waals surface area (Å²) in [5.74, 6) is 0.920. The zero-order chi connectivity index (χ0) is 16.0. The van der Waals surface area contributed by atoms with Crippen LogP contribution in [0.15, 0.2) is 18.2 Å². The van der Waals surface area contributed by atoms with Crippen LogP contribution in [0.1, 0.15) is 35.0 Å². The maximum atomic E-state index is 13.0. The summed E-state index contributed by atoms with van der Waals surface area (Å²) in [6, 6.07) is 6.25. The maximum absolute atomic E-state index is 13.0. The van der Waals surface area contributed by atoms with Gasteiger partial charge in [0.2, 0.25) is 0 Å². The van der Waals surface area contributed by atoms with Gasteiger partial charge in [0.05, 0.1) is 11.1 Å². The first kappa shape index (κ1) is 14.8. The Bertz CT molecular complexity index is 756. The lowest BCUT2D eigenvalue weighted by Gasteiger charge is -2.27. The number of aromatic nitrogens is 1. The molecule has 1 aromatic carbocycles. The third kappa shape index (κ3) is 2.36. The zero-order valence-electron chi connectivity index (χ0n) is 14.1. The van der Waals surface area contributed by atoms with Crippen molar-refractivity contribution in [1.82, 2.24) is 14.8 Å². The van der Waals surface area contributed by atoms with Gasteiger partial charge in [-0.2, -0.15) is 0 Å². The lowest BCUT2D eigenvalue weighted by molar-refractivity contribution is 0.0737. The first-order chi connectivity index (χ1) is 11.2. The molecule has 1 atom stereocenters. The Kier molecular flexibility index (Phi) is 3.64. The van der Waals surface area contributed by atoms with Gasteiger partial charge in [0.1, 0.15) is 0 Å². The molecule has 2 aromatic rings. The molecule has 0 saturated carbocycles. The molecule has 4 heteroatoms. The highest BCUT2D eigenvalue weighted by Crippen LogP contribution is 2.35. The molecule has 1 aromatic heterocycles. The number of nitrogens with zero attached hydrogens (tertiary/aromatic N) is 2. The van der Waals surface area contributed by atoms with Crippen LogP contribution >= 0.6 is 0 Å². The molecule has 0 spiro atoms. The van der Waals surface area contributed by atoms with E-state index in [0.29, 0.717) is 0 Å². The van der Waals surface area contributed by atoms with E-state index >= 15 is 0 Å². The molecule has 1 fully saturated rings. The van der Waals surface area contributed by atoms with Crippen molar-refractivity contribution in [2.45, 2.75) is 26.2 Å². The SMILES string of the molecule is CC1CCc2c(c3cccc(C(=O)N4CCNCC4)c3n2C)C1. The number of carbonyl (C=O) groups excluding carboxylic acids is 1. The van der Waals surface area contributed by atoms with E-state index in [9.17, 15) is 4.79 Å². The number of amides is 1. The van der Waals surface area contributed by atoms with Gasteiger partial charge in [-0.05, 0) is 36.8 Å². The minimum absolute atomic E-state index is 0.183. The van der Waals surface area contributed by atoms with Crippen LogP contribution in [0.4, 0.5) is 0 Å². The number of fused-ring (bicyclic) bond motifs is 3. The predicted octanol–water partition coefficient (Wildman–Crippen LogP) is 2.35. The van der Waals surface area contributed by atoms with Crippen molar-refractivity contribution in [1.29, 1.82) is 0 Å². The molecule has 1 unspecified atom stereocenters. The van der Waals surface area contributed by atoms with Gasteiger partial charge in [-0.1, -0.05) is 19.1 Å². The first-order valence-electron chi connectivity index (χ1n) is 8.76. The molecule has 0 bridgehead atoms. The lowest BCUT2D eigenvalue weighted by atomic mass is 9.87. The van der Waals surface area contributed by atoms with E-state index in [4.69, 9.17) is 0 Å². The highest BCUT2D eigenvalue weighted by atomic mass is 16.2. The Labute approximate surface area is 137 Å². The molecule has 23 heavy (non-hydrogen) atoms. The smallest absolute Gasteiger partial charge is 0.256 e. The first-order valence-corrected chi connectivity index (χ1v) is 8.76. The average molecular weight is 311 g/mol. The second-order valence-electron chi connectivity index (χ2n) is 7.08. The number of benzene rings is 1. The van der Waals surface area contributed by atoms with Crippen molar-refractivity contribution >= 4 is 16.8 Å². The number of hydrogen-bond acceptors (Lipinski definition) is 2. The van der Waals surface area contributed by atoms with E-state index in [1.54, 1.807) is 0 Å². The van der Waals surface area contributed by atoms with E-state index < -0.39 is 0 Å². The lowest BCUT2D eigenvalue weighted by Crippen LogP contribution is -2.46. The van der Waals surface area contributed by atoms with Crippen LogP contribution in [-0.2, 0) is 19.9 Å². The molecule has 122 valence electrons. The van der Waals surface area contributed by atoms with Crippen LogP contribution in [0.5, 0.6) is 0 Å². The Morgan fingerprint density at radius 3 is 2.83 bits per heavy atom. The summed E-state index contributed by atoms with van der Waals surface area (Å²) < 4.78 is 2.28. The van der Waals surface area contributed by atoms with Crippen molar-refractivity contribution in [2.75, 3.05) is 26.2 Å². The highest BCUT2D eigenvalue weighted by molar-refractivity contribution is 6.07. The second-order valence-corrected chi connectivity index (χ2v) is 7.08. The van der Waals surface area contributed by atoms with Gasteiger partial charge in [0, 0.05) is 44.3 Å². The number of para-hydroxylation sites is 1. The van der Waals surface area contributed by atoms with Crippen LogP contribution < -0.4 is 5.32 Å². The number of aryl methyl sites for hydroxylation is 1. The minimum Gasteiger partial charge on any atom is -0.347 e. The largest absolute Gasteiger partial charge is 0.347 e. The predicted molar refractivity (Wildman–Crippen MR) is 92.9 cm³/mol. The fourth-order valence-corrected chi connectivity index (χ4v) is 4.23. The van der Waals surface area contributed by atoms with Crippen LogP contribution in [0.25, 0.3) is 10.9 Å². The van der Waals surface area contributed by atoms with Crippen molar-refractivity contribution < 1.29 is 4.79 Å². The molecule has 1 aliphatic heterocycles. The molecular formula is C19H25N3O. The van der Waals surface area contributed by atoms with Crippen LogP contribution in [0.3, 0.4) is 0 Å². The van der Waals surface area contributed by atoms with Gasteiger partial charge in [0.15, 0.2) is 0 Å². The fraction of sp³-hybridized carbons (Fsp3) is 0.526. The summed E-state index contributed by atoms with van der Waals surface area (Å²) in [6.45, 7) is 5.72. The molecule has 4 rings (SSSR count). The molecule has 1 saturated heterocycles. The van der Waals surface area contributed by atoms with Gasteiger partial charge in [0.25, 0.3) is 5.91 Å². The molecule has 1 amide bonds. The average Bonchev–Trinajstić information content (AvgIpc) is 2.87. The fourth-order valence-electron chi connectivity index (χ4n) is 4.23. The van der Waals surface area contributed by atoms with E-state index in [-0.39, 0.29) is 5.91 Å². The number of carbonyl (C=O) groups is 1. The number of nitrogens with one attached hydrogen (secondary N) is 1. The summed E-state index contributed by atoms with van der Waals surface area (Å²) in [5.41, 5.74) is 4.90. The van der Waals surface area contributed by atoms with Crippen molar-refractivity contribution in [3.8, 4) is 0 Å². The summed E-state index contributed by atoms with van der Waals surface area (Å²) in [6.07, 6.45) is 3.51. The van der Waals surface area contributed by atoms with Crippen molar-refractivity contribution in [2.24, 2.45) is 13.0 Å². The van der Waals surface area contributed by atoms with Crippen molar-refractivity contribution in [3.63, 3.8) is 0 Å². The summed E-state index contributed by atoms with van der Waals surface area (Å²) >= 11 is 0. The Balaban J connectivity index is 1.83. The quantitative estimate of drug-likeness (QED) is 0.878. The van der Waals surface area contributed by atoms with Gasteiger partial charge >= 0.3 is 0 Å². The third-order valence-electron chi connectivity index (χ3n) is 5.51. The van der Waals surface area contributed by atoms with Gasteiger partial charge in [-0.15, -0.1) is 0 Å². The number of hydrogen-bond donors (Lipinski definition) is 1.